The van der Waals surface area contributed by atoms with Gasteiger partial charge in [-0.25, -0.2) is 0 Å². The molecule has 0 radical (unpaired) electrons. The molecule has 0 bridgehead atoms. The van der Waals surface area contributed by atoms with Crippen LogP contribution in [0.5, 0.6) is 5.75 Å². The van der Waals surface area contributed by atoms with E-state index in [2.05, 4.69) is 29.6 Å². The van der Waals surface area contributed by atoms with E-state index in [1.54, 1.807) is 42.0 Å². The Morgan fingerprint density at radius 3 is 2.40 bits per heavy atom. The quantitative estimate of drug-likeness (QED) is 0.568. The molecule has 186 valence electrons. The van der Waals surface area contributed by atoms with Crippen LogP contribution in [-0.4, -0.2) is 72.6 Å². The molecule has 1 N–H and O–H groups in total. The number of hydrogen-bond acceptors (Lipinski definition) is 5. The first kappa shape index (κ1) is 25.1. The number of carbonyl (C=O) groups is 3. The van der Waals surface area contributed by atoms with E-state index < -0.39 is 0 Å². The van der Waals surface area contributed by atoms with Gasteiger partial charge in [0.15, 0.2) is 0 Å². The van der Waals surface area contributed by atoms with Crippen LogP contribution in [0.1, 0.15) is 41.6 Å². The van der Waals surface area contributed by atoms with E-state index in [0.29, 0.717) is 56.8 Å². The minimum Gasteiger partial charge on any atom is -0.497 e. The summed E-state index contributed by atoms with van der Waals surface area (Å²) >= 11 is 1.70. The Morgan fingerprint density at radius 1 is 1.06 bits per heavy atom. The van der Waals surface area contributed by atoms with Crippen molar-refractivity contribution >= 4 is 29.5 Å². The number of rotatable bonds is 8. The molecule has 0 aromatic heterocycles. The third-order valence-electron chi connectivity index (χ3n) is 6.99. The summed E-state index contributed by atoms with van der Waals surface area (Å²) in [5.74, 6) is 0.744. The number of piperazine rings is 1. The molecule has 2 aliphatic rings. The van der Waals surface area contributed by atoms with Crippen LogP contribution in [0.4, 0.5) is 0 Å². The predicted molar refractivity (Wildman–Crippen MR) is 137 cm³/mol. The van der Waals surface area contributed by atoms with E-state index in [0.717, 1.165) is 12.8 Å². The highest BCUT2D eigenvalue weighted by Crippen LogP contribution is 2.30. The second-order valence-corrected chi connectivity index (χ2v) is 10.1. The topological polar surface area (TPSA) is 79.0 Å². The number of methoxy groups -OCH3 is 1. The van der Waals surface area contributed by atoms with E-state index in [-0.39, 0.29) is 23.3 Å². The molecule has 0 aliphatic carbocycles. The van der Waals surface area contributed by atoms with Gasteiger partial charge >= 0.3 is 0 Å². The van der Waals surface area contributed by atoms with Crippen molar-refractivity contribution in [3.8, 4) is 5.75 Å². The SMILES string of the molecule is COc1cccc(C(=O)N2CCN(C(=O)CCC3(Cc4ccc(SC)cc4)CCC(=O)N3)CC2)c1. The van der Waals surface area contributed by atoms with Crippen molar-refractivity contribution in [2.45, 2.75) is 42.5 Å². The van der Waals surface area contributed by atoms with Gasteiger partial charge in [-0.1, -0.05) is 18.2 Å². The summed E-state index contributed by atoms with van der Waals surface area (Å²) < 4.78 is 5.22. The summed E-state index contributed by atoms with van der Waals surface area (Å²) in [5.41, 5.74) is 1.38. The van der Waals surface area contributed by atoms with Crippen LogP contribution >= 0.6 is 11.8 Å². The summed E-state index contributed by atoms with van der Waals surface area (Å²) in [6.07, 6.45) is 5.02. The maximum Gasteiger partial charge on any atom is 0.254 e. The fourth-order valence-corrected chi connectivity index (χ4v) is 5.33. The van der Waals surface area contributed by atoms with Crippen LogP contribution in [-0.2, 0) is 16.0 Å². The van der Waals surface area contributed by atoms with Gasteiger partial charge in [-0.3, -0.25) is 14.4 Å². The molecule has 7 nitrogen and oxygen atoms in total. The molecule has 0 saturated carbocycles. The van der Waals surface area contributed by atoms with Crippen molar-refractivity contribution < 1.29 is 19.1 Å². The van der Waals surface area contributed by atoms with E-state index in [1.807, 2.05) is 17.2 Å². The van der Waals surface area contributed by atoms with E-state index in [9.17, 15) is 14.4 Å². The fraction of sp³-hybridized carbons (Fsp3) is 0.444. The molecule has 8 heteroatoms. The average molecular weight is 496 g/mol. The van der Waals surface area contributed by atoms with Crippen molar-refractivity contribution in [2.75, 3.05) is 39.5 Å². The van der Waals surface area contributed by atoms with E-state index in [4.69, 9.17) is 4.74 Å². The first-order valence-electron chi connectivity index (χ1n) is 12.1. The Morgan fingerprint density at radius 2 is 1.77 bits per heavy atom. The van der Waals surface area contributed by atoms with Crippen LogP contribution in [0.15, 0.2) is 53.4 Å². The Bertz CT molecular complexity index is 1070. The Balaban J connectivity index is 1.31. The molecule has 4 rings (SSSR count). The monoisotopic (exact) mass is 495 g/mol. The summed E-state index contributed by atoms with van der Waals surface area (Å²) in [6, 6.07) is 15.6. The van der Waals surface area contributed by atoms with Gasteiger partial charge in [0.25, 0.3) is 5.91 Å². The lowest BCUT2D eigenvalue weighted by atomic mass is 9.85. The zero-order chi connectivity index (χ0) is 24.8. The van der Waals surface area contributed by atoms with Crippen LogP contribution < -0.4 is 10.1 Å². The molecule has 1 unspecified atom stereocenters. The molecule has 2 fully saturated rings. The molecule has 0 spiro atoms. The summed E-state index contributed by atoms with van der Waals surface area (Å²) in [6.45, 7) is 2.05. The Kier molecular flexibility index (Phi) is 8.00. The Labute approximate surface area is 211 Å². The van der Waals surface area contributed by atoms with Gasteiger partial charge in [0.1, 0.15) is 5.75 Å². The van der Waals surface area contributed by atoms with Gasteiger partial charge < -0.3 is 19.9 Å². The molecule has 2 aromatic rings. The second-order valence-electron chi connectivity index (χ2n) is 9.26. The lowest BCUT2D eigenvalue weighted by molar-refractivity contribution is -0.133. The molecule has 2 heterocycles. The van der Waals surface area contributed by atoms with Crippen LogP contribution in [0, 0.1) is 0 Å². The number of nitrogens with one attached hydrogen (secondary N) is 1. The zero-order valence-corrected chi connectivity index (χ0v) is 21.2. The van der Waals surface area contributed by atoms with Crippen molar-refractivity contribution in [1.82, 2.24) is 15.1 Å². The van der Waals surface area contributed by atoms with Crippen molar-refractivity contribution in [3.63, 3.8) is 0 Å². The van der Waals surface area contributed by atoms with Gasteiger partial charge in [0.2, 0.25) is 11.8 Å². The van der Waals surface area contributed by atoms with Crippen LogP contribution in [0.25, 0.3) is 0 Å². The zero-order valence-electron chi connectivity index (χ0n) is 20.4. The summed E-state index contributed by atoms with van der Waals surface area (Å²) in [4.78, 5) is 42.8. The average Bonchev–Trinajstić information content (AvgIpc) is 3.27. The third kappa shape index (κ3) is 6.17. The van der Waals surface area contributed by atoms with Gasteiger partial charge in [0, 0.05) is 55.0 Å². The lowest BCUT2D eigenvalue weighted by Gasteiger charge is -2.36. The minimum atomic E-state index is -0.377. The predicted octanol–water partition coefficient (Wildman–Crippen LogP) is 3.37. The fourth-order valence-electron chi connectivity index (χ4n) is 4.92. The van der Waals surface area contributed by atoms with Crippen LogP contribution in [0.2, 0.25) is 0 Å². The van der Waals surface area contributed by atoms with Gasteiger partial charge in [0.05, 0.1) is 7.11 Å². The largest absolute Gasteiger partial charge is 0.497 e. The molecule has 35 heavy (non-hydrogen) atoms. The number of carbonyl (C=O) groups excluding carboxylic acids is 3. The summed E-state index contributed by atoms with van der Waals surface area (Å²) in [5, 5.41) is 3.17. The van der Waals surface area contributed by atoms with Crippen molar-refractivity contribution in [3.05, 3.63) is 59.7 Å². The maximum atomic E-state index is 13.0. The lowest BCUT2D eigenvalue weighted by Crippen LogP contribution is -2.51. The molecular formula is C27H33N3O4S. The minimum absolute atomic E-state index is 0.0453. The number of amides is 3. The van der Waals surface area contributed by atoms with E-state index in [1.165, 1.54) is 10.5 Å². The van der Waals surface area contributed by atoms with Crippen molar-refractivity contribution in [2.24, 2.45) is 0 Å². The highest BCUT2D eigenvalue weighted by molar-refractivity contribution is 7.98. The standard InChI is InChI=1S/C27H33N3O4S/c1-34-22-5-3-4-21(18-22)26(33)30-16-14-29(15-17-30)25(32)11-13-27(12-10-24(31)28-27)19-20-6-8-23(35-2)9-7-20/h3-9,18H,10-17,19H2,1-2H3,(H,28,31). The Hall–Kier alpha value is -3.00. The normalized spacial score (nSPS) is 20.0. The number of benzene rings is 2. The summed E-state index contributed by atoms with van der Waals surface area (Å²) in [7, 11) is 1.58. The second kappa shape index (κ2) is 11.2. The number of ether oxygens (including phenoxy) is 1. The molecule has 3 amide bonds. The molecule has 2 saturated heterocycles. The first-order valence-corrected chi connectivity index (χ1v) is 13.3. The van der Waals surface area contributed by atoms with Gasteiger partial charge in [-0.05, 0) is 61.4 Å². The number of thioether (sulfide) groups is 1. The number of hydrogen-bond donors (Lipinski definition) is 1. The highest BCUT2D eigenvalue weighted by atomic mass is 32.2. The van der Waals surface area contributed by atoms with E-state index >= 15 is 0 Å². The molecule has 1 atom stereocenters. The van der Waals surface area contributed by atoms with Gasteiger partial charge in [-0.2, -0.15) is 0 Å². The third-order valence-corrected chi connectivity index (χ3v) is 7.73. The number of nitrogens with zero attached hydrogens (tertiary/aromatic N) is 2. The van der Waals surface area contributed by atoms with Crippen LogP contribution in [0.3, 0.4) is 0 Å². The van der Waals surface area contributed by atoms with Crippen molar-refractivity contribution in [1.29, 1.82) is 0 Å². The smallest absolute Gasteiger partial charge is 0.254 e. The first-order chi connectivity index (χ1) is 16.9. The molecule has 2 aliphatic heterocycles. The van der Waals surface area contributed by atoms with Gasteiger partial charge in [-0.15, -0.1) is 11.8 Å². The molecular weight excluding hydrogens is 462 g/mol. The maximum absolute atomic E-state index is 13.0. The highest BCUT2D eigenvalue weighted by Gasteiger charge is 2.38. The molecule has 2 aromatic carbocycles.